The second-order valence-corrected chi connectivity index (χ2v) is 6.83. The second-order valence-electron chi connectivity index (χ2n) is 6.42. The van der Waals surface area contributed by atoms with Crippen LogP contribution in [-0.4, -0.2) is 21.9 Å². The summed E-state index contributed by atoms with van der Waals surface area (Å²) < 4.78 is 0. The predicted octanol–water partition coefficient (Wildman–Crippen LogP) is 3.38. The van der Waals surface area contributed by atoms with E-state index in [4.69, 9.17) is 12.2 Å². The molecule has 28 heavy (non-hydrogen) atoms. The molecule has 2 amide bonds. The van der Waals surface area contributed by atoms with Crippen molar-refractivity contribution in [2.75, 3.05) is 10.6 Å². The normalized spacial score (nSPS) is 12.8. The van der Waals surface area contributed by atoms with Crippen LogP contribution in [0.5, 0.6) is 0 Å². The second kappa shape index (κ2) is 8.13. The van der Waals surface area contributed by atoms with Crippen LogP contribution in [0.1, 0.15) is 28.8 Å². The lowest BCUT2D eigenvalue weighted by Gasteiger charge is -2.15. The summed E-state index contributed by atoms with van der Waals surface area (Å²) in [5, 5.41) is 19.3. The molecular formula is C19H18N4O4S. The fourth-order valence-corrected chi connectivity index (χ4v) is 2.84. The summed E-state index contributed by atoms with van der Waals surface area (Å²) in [7, 11) is 0. The number of para-hydroxylation sites is 1. The van der Waals surface area contributed by atoms with Crippen molar-refractivity contribution in [1.82, 2.24) is 5.32 Å². The summed E-state index contributed by atoms with van der Waals surface area (Å²) in [5.41, 5.74) is 1.65. The molecule has 0 radical (unpaired) electrons. The Morgan fingerprint density at radius 2 is 1.71 bits per heavy atom. The number of nitro benzene ring substituents is 1. The number of thiocarbonyl (C=S) groups is 1. The van der Waals surface area contributed by atoms with Gasteiger partial charge < -0.3 is 10.6 Å². The van der Waals surface area contributed by atoms with Crippen LogP contribution in [0.25, 0.3) is 0 Å². The summed E-state index contributed by atoms with van der Waals surface area (Å²) in [6.07, 6.45) is 1.81. The van der Waals surface area contributed by atoms with Crippen molar-refractivity contribution < 1.29 is 14.5 Å². The number of rotatable bonds is 5. The van der Waals surface area contributed by atoms with Gasteiger partial charge in [0.15, 0.2) is 5.11 Å². The lowest BCUT2D eigenvalue weighted by molar-refractivity contribution is -0.385. The minimum Gasteiger partial charge on any atom is -0.332 e. The third-order valence-corrected chi connectivity index (χ3v) is 4.56. The molecule has 0 atom stereocenters. The minimum absolute atomic E-state index is 0.00285. The topological polar surface area (TPSA) is 113 Å². The van der Waals surface area contributed by atoms with E-state index in [0.29, 0.717) is 11.4 Å². The molecule has 0 bridgehead atoms. The van der Waals surface area contributed by atoms with Crippen molar-refractivity contribution in [3.63, 3.8) is 0 Å². The first-order valence-corrected chi connectivity index (χ1v) is 9.04. The number of nitrogens with one attached hydrogen (secondary N) is 3. The molecule has 1 saturated carbocycles. The fourth-order valence-electron chi connectivity index (χ4n) is 2.64. The van der Waals surface area contributed by atoms with Crippen LogP contribution in [0, 0.1) is 23.0 Å². The number of nitrogens with zero attached hydrogens (tertiary/aromatic N) is 1. The van der Waals surface area contributed by atoms with Crippen LogP contribution in [0.3, 0.4) is 0 Å². The number of nitro groups is 1. The minimum atomic E-state index is -0.680. The van der Waals surface area contributed by atoms with E-state index in [1.165, 1.54) is 24.3 Å². The van der Waals surface area contributed by atoms with Crippen LogP contribution in [-0.2, 0) is 4.79 Å². The Kier molecular flexibility index (Phi) is 5.65. The van der Waals surface area contributed by atoms with E-state index in [0.717, 1.165) is 18.4 Å². The van der Waals surface area contributed by atoms with Gasteiger partial charge in [0.2, 0.25) is 5.91 Å². The molecule has 3 rings (SSSR count). The molecule has 0 aromatic heterocycles. The third kappa shape index (κ3) is 4.49. The summed E-state index contributed by atoms with van der Waals surface area (Å²) in [4.78, 5) is 34.8. The van der Waals surface area contributed by atoms with Gasteiger partial charge in [0.05, 0.1) is 4.92 Å². The molecule has 0 heterocycles. The van der Waals surface area contributed by atoms with Gasteiger partial charge in [-0.3, -0.25) is 25.0 Å². The zero-order chi connectivity index (χ0) is 20.3. The molecule has 144 valence electrons. The number of hydrogen-bond acceptors (Lipinski definition) is 5. The lowest BCUT2D eigenvalue weighted by atomic mass is 10.1. The van der Waals surface area contributed by atoms with Gasteiger partial charge in [-0.1, -0.05) is 18.2 Å². The summed E-state index contributed by atoms with van der Waals surface area (Å²) in [6.45, 7) is 1.82. The Hall–Kier alpha value is -3.33. The van der Waals surface area contributed by atoms with Gasteiger partial charge in [-0.25, -0.2) is 0 Å². The molecule has 1 aliphatic carbocycles. The van der Waals surface area contributed by atoms with E-state index < -0.39 is 10.8 Å². The Morgan fingerprint density at radius 1 is 1.07 bits per heavy atom. The monoisotopic (exact) mass is 398 g/mol. The van der Waals surface area contributed by atoms with Gasteiger partial charge in [0.25, 0.3) is 11.6 Å². The van der Waals surface area contributed by atoms with Gasteiger partial charge in [0, 0.05) is 23.4 Å². The Morgan fingerprint density at radius 3 is 2.36 bits per heavy atom. The maximum Gasteiger partial charge on any atom is 0.282 e. The summed E-state index contributed by atoms with van der Waals surface area (Å²) in [5.74, 6) is -0.605. The van der Waals surface area contributed by atoms with Gasteiger partial charge >= 0.3 is 0 Å². The van der Waals surface area contributed by atoms with Crippen molar-refractivity contribution in [2.45, 2.75) is 19.8 Å². The molecule has 2 aromatic carbocycles. The van der Waals surface area contributed by atoms with Crippen molar-refractivity contribution in [2.24, 2.45) is 5.92 Å². The SMILES string of the molecule is Cc1c(NC(=O)C2CC2)cccc1NC(=S)NC(=O)c1ccccc1[N+](=O)[O-]. The van der Waals surface area contributed by atoms with Crippen LogP contribution in [0.2, 0.25) is 0 Å². The molecule has 0 aliphatic heterocycles. The molecular weight excluding hydrogens is 380 g/mol. The third-order valence-electron chi connectivity index (χ3n) is 4.36. The Bertz CT molecular complexity index is 972. The first-order chi connectivity index (χ1) is 13.4. The van der Waals surface area contributed by atoms with Gasteiger partial charge in [0.1, 0.15) is 5.56 Å². The highest BCUT2D eigenvalue weighted by Crippen LogP contribution is 2.31. The molecule has 3 N–H and O–H groups in total. The number of amides is 2. The highest BCUT2D eigenvalue weighted by atomic mass is 32.1. The predicted molar refractivity (Wildman–Crippen MR) is 109 cm³/mol. The molecule has 2 aromatic rings. The average molecular weight is 398 g/mol. The van der Waals surface area contributed by atoms with E-state index in [1.807, 2.05) is 6.92 Å². The van der Waals surface area contributed by atoms with Crippen molar-refractivity contribution in [3.8, 4) is 0 Å². The highest BCUT2D eigenvalue weighted by Gasteiger charge is 2.30. The van der Waals surface area contributed by atoms with E-state index in [-0.39, 0.29) is 28.2 Å². The first kappa shape index (κ1) is 19.4. The molecule has 0 unspecified atom stereocenters. The Labute approximate surface area is 166 Å². The van der Waals surface area contributed by atoms with Gasteiger partial charge in [-0.2, -0.15) is 0 Å². The van der Waals surface area contributed by atoms with Crippen LogP contribution in [0.4, 0.5) is 17.1 Å². The number of benzene rings is 2. The maximum absolute atomic E-state index is 12.3. The fraction of sp³-hybridized carbons (Fsp3) is 0.211. The van der Waals surface area contributed by atoms with E-state index in [2.05, 4.69) is 16.0 Å². The quantitative estimate of drug-likeness (QED) is 0.404. The van der Waals surface area contributed by atoms with Crippen LogP contribution >= 0.6 is 12.2 Å². The molecule has 8 nitrogen and oxygen atoms in total. The first-order valence-electron chi connectivity index (χ1n) is 8.63. The highest BCUT2D eigenvalue weighted by molar-refractivity contribution is 7.80. The van der Waals surface area contributed by atoms with E-state index in [9.17, 15) is 19.7 Å². The van der Waals surface area contributed by atoms with Crippen LogP contribution < -0.4 is 16.0 Å². The van der Waals surface area contributed by atoms with Gasteiger partial charge in [-0.15, -0.1) is 0 Å². The van der Waals surface area contributed by atoms with Crippen LogP contribution in [0.15, 0.2) is 42.5 Å². The summed E-state index contributed by atoms with van der Waals surface area (Å²) >= 11 is 5.16. The van der Waals surface area contributed by atoms with Gasteiger partial charge in [-0.05, 0) is 55.7 Å². The number of hydrogen-bond donors (Lipinski definition) is 3. The lowest BCUT2D eigenvalue weighted by Crippen LogP contribution is -2.34. The van der Waals surface area contributed by atoms with Crippen molar-refractivity contribution >= 4 is 46.2 Å². The number of anilines is 2. The van der Waals surface area contributed by atoms with Crippen molar-refractivity contribution in [1.29, 1.82) is 0 Å². The van der Waals surface area contributed by atoms with E-state index in [1.54, 1.807) is 18.2 Å². The molecule has 0 spiro atoms. The maximum atomic E-state index is 12.3. The number of carbonyl (C=O) groups excluding carboxylic acids is 2. The van der Waals surface area contributed by atoms with E-state index >= 15 is 0 Å². The van der Waals surface area contributed by atoms with Crippen molar-refractivity contribution in [3.05, 3.63) is 63.7 Å². The molecule has 1 aliphatic rings. The zero-order valence-electron chi connectivity index (χ0n) is 15.0. The zero-order valence-corrected chi connectivity index (χ0v) is 15.8. The number of carbonyl (C=O) groups is 2. The standard InChI is InChI=1S/C19H18N4O4S/c1-11-14(20-17(24)12-9-10-12)6-4-7-15(11)21-19(28)22-18(25)13-5-2-3-8-16(13)23(26)27/h2-8,12H,9-10H2,1H3,(H,20,24)(H2,21,22,25,28). The largest absolute Gasteiger partial charge is 0.332 e. The molecule has 1 fully saturated rings. The molecule has 9 heteroatoms. The summed E-state index contributed by atoms with van der Waals surface area (Å²) in [6, 6.07) is 10.9. The molecule has 0 saturated heterocycles. The Balaban J connectivity index is 1.69. The smallest absolute Gasteiger partial charge is 0.282 e. The average Bonchev–Trinajstić information content (AvgIpc) is 3.50.